The third-order valence-electron chi connectivity index (χ3n) is 3.09. The Morgan fingerprint density at radius 2 is 1.46 bits per heavy atom. The summed E-state index contributed by atoms with van der Waals surface area (Å²) in [6, 6.07) is 0. The van der Waals surface area contributed by atoms with Crippen molar-refractivity contribution in [3.63, 3.8) is 0 Å². The molecule has 0 aliphatic rings. The fourth-order valence-electron chi connectivity index (χ4n) is 2.11. The molecule has 0 rings (SSSR count). The first-order valence-electron chi connectivity index (χ1n) is 4.64. The normalized spacial score (nSPS) is 14.7. The van der Waals surface area contributed by atoms with Gasteiger partial charge in [0.15, 0.2) is 0 Å². The summed E-state index contributed by atoms with van der Waals surface area (Å²) in [5.41, 5.74) is 0. The van der Waals surface area contributed by atoms with Gasteiger partial charge < -0.3 is 14.4 Å². The molecule has 0 saturated heterocycles. The second-order valence-corrected chi connectivity index (χ2v) is 12.2. The largest absolute Gasteiger partial charge is 0.811 e. The molecule has 0 unspecified atom stereocenters. The first-order chi connectivity index (χ1) is 5.62. The summed E-state index contributed by atoms with van der Waals surface area (Å²) < 4.78 is 10.3. The van der Waals surface area contributed by atoms with Crippen LogP contribution >= 0.6 is 7.60 Å². The molecule has 0 aliphatic heterocycles. The van der Waals surface area contributed by atoms with Crippen molar-refractivity contribution in [1.29, 1.82) is 0 Å². The highest BCUT2D eigenvalue weighted by molar-refractivity contribution is 7.54. The molecule has 0 atom stereocenters. The van der Waals surface area contributed by atoms with E-state index in [1.54, 1.807) is 13.8 Å². The molecule has 13 heavy (non-hydrogen) atoms. The van der Waals surface area contributed by atoms with Gasteiger partial charge in [0.2, 0.25) is 0 Å². The van der Waals surface area contributed by atoms with Gasteiger partial charge >= 0.3 is 0 Å². The van der Waals surface area contributed by atoms with Crippen LogP contribution in [0.4, 0.5) is 0 Å². The van der Waals surface area contributed by atoms with Gasteiger partial charge in [0.1, 0.15) is 0 Å². The Hall–Kier alpha value is 0.367. The average Bonchev–Trinajstić information content (AvgIpc) is 1.84. The Morgan fingerprint density at radius 1 is 1.15 bits per heavy atom. The smallest absolute Gasteiger partial charge is 0.0564 e. The predicted molar refractivity (Wildman–Crippen MR) is 54.3 cm³/mol. The van der Waals surface area contributed by atoms with Crippen molar-refractivity contribution in [2.45, 2.75) is 51.1 Å². The second kappa shape index (κ2) is 3.85. The minimum Gasteiger partial charge on any atom is -0.811 e. The molecular formula is C8H19O3PSi-2. The first kappa shape index (κ1) is 13.4. The molecule has 0 radical (unpaired) electrons. The maximum Gasteiger partial charge on any atom is 0.0564 e. The van der Waals surface area contributed by atoms with E-state index in [2.05, 4.69) is 0 Å². The van der Waals surface area contributed by atoms with E-state index in [4.69, 9.17) is 0 Å². The summed E-state index contributed by atoms with van der Waals surface area (Å²) >= 11 is 0. The summed E-state index contributed by atoms with van der Waals surface area (Å²) in [4.78, 5) is 22.5. The van der Waals surface area contributed by atoms with E-state index in [1.165, 1.54) is 0 Å². The molecular weight excluding hydrogens is 203 g/mol. The fourth-order valence-corrected chi connectivity index (χ4v) is 8.29. The quantitative estimate of drug-likeness (QED) is 0.532. The van der Waals surface area contributed by atoms with Crippen molar-refractivity contribution in [1.82, 2.24) is 0 Å². The third kappa shape index (κ3) is 2.24. The van der Waals surface area contributed by atoms with E-state index in [0.29, 0.717) is 12.8 Å². The van der Waals surface area contributed by atoms with E-state index in [0.717, 1.165) is 0 Å². The van der Waals surface area contributed by atoms with Gasteiger partial charge in [-0.1, -0.05) is 41.1 Å². The number of rotatable bonds is 4. The van der Waals surface area contributed by atoms with Crippen molar-refractivity contribution < 1.29 is 14.4 Å². The van der Waals surface area contributed by atoms with Crippen LogP contribution in [0.1, 0.15) is 26.7 Å². The third-order valence-corrected chi connectivity index (χ3v) is 11.1. The highest BCUT2D eigenvalue weighted by atomic mass is 31.2. The van der Waals surface area contributed by atoms with Crippen LogP contribution in [0.3, 0.4) is 0 Å². The lowest BCUT2D eigenvalue weighted by molar-refractivity contribution is -0.318. The van der Waals surface area contributed by atoms with Crippen molar-refractivity contribution >= 4 is 15.7 Å². The van der Waals surface area contributed by atoms with Gasteiger partial charge in [0.25, 0.3) is 0 Å². The van der Waals surface area contributed by atoms with Gasteiger partial charge in [0.05, 0.1) is 8.07 Å². The van der Waals surface area contributed by atoms with Crippen LogP contribution in [0, 0.1) is 0 Å². The maximum atomic E-state index is 11.3. The second-order valence-electron chi connectivity index (χ2n) is 4.49. The number of hydrogen-bond acceptors (Lipinski definition) is 3. The molecule has 0 spiro atoms. The Labute approximate surface area is 81.7 Å². The van der Waals surface area contributed by atoms with Crippen molar-refractivity contribution in [2.24, 2.45) is 0 Å². The molecule has 0 aliphatic carbocycles. The van der Waals surface area contributed by atoms with Gasteiger partial charge in [-0.25, -0.2) is 0 Å². The summed E-state index contributed by atoms with van der Waals surface area (Å²) in [7, 11) is -6.43. The van der Waals surface area contributed by atoms with Gasteiger partial charge in [-0.15, -0.1) is 0 Å². The number of hydrogen-bond donors (Lipinski definition) is 0. The standard InChI is InChI=1S/C8H21O3PSi/c1-6-8(7-2,12(9,10)11)13(3,4)5/h6-7H2,1-5H3,(H2,9,10,11)/p-2. The maximum absolute atomic E-state index is 11.3. The van der Waals surface area contributed by atoms with E-state index in [1.807, 2.05) is 19.6 Å². The van der Waals surface area contributed by atoms with E-state index < -0.39 is 20.4 Å². The Bertz CT molecular complexity index is 212. The molecule has 0 heterocycles. The molecule has 80 valence electrons. The van der Waals surface area contributed by atoms with Crippen LogP contribution < -0.4 is 9.79 Å². The van der Waals surface area contributed by atoms with E-state index >= 15 is 0 Å². The van der Waals surface area contributed by atoms with Crippen molar-refractivity contribution in [3.05, 3.63) is 0 Å². The summed E-state index contributed by atoms with van der Waals surface area (Å²) in [5, 5.41) is 0. The lowest BCUT2D eigenvalue weighted by atomic mass is 10.2. The molecule has 0 saturated carbocycles. The summed E-state index contributed by atoms with van der Waals surface area (Å²) in [6.45, 7) is 9.43. The van der Waals surface area contributed by atoms with Gasteiger partial charge in [-0.05, 0) is 17.6 Å². The van der Waals surface area contributed by atoms with Gasteiger partial charge in [-0.3, -0.25) is 0 Å². The lowest BCUT2D eigenvalue weighted by Gasteiger charge is -2.56. The highest BCUT2D eigenvalue weighted by Crippen LogP contribution is 2.53. The molecule has 3 nitrogen and oxygen atoms in total. The zero-order chi connectivity index (χ0) is 10.9. The van der Waals surface area contributed by atoms with Crippen LogP contribution in [0.25, 0.3) is 0 Å². The average molecular weight is 222 g/mol. The van der Waals surface area contributed by atoms with Crippen molar-refractivity contribution in [2.75, 3.05) is 0 Å². The lowest BCUT2D eigenvalue weighted by Crippen LogP contribution is -2.55. The Morgan fingerprint density at radius 3 is 1.46 bits per heavy atom. The van der Waals surface area contributed by atoms with Crippen molar-refractivity contribution in [3.8, 4) is 0 Å². The van der Waals surface area contributed by atoms with E-state index in [9.17, 15) is 14.4 Å². The molecule has 0 aromatic heterocycles. The van der Waals surface area contributed by atoms with Crippen LogP contribution in [-0.2, 0) is 4.57 Å². The molecule has 0 amide bonds. The Kier molecular flexibility index (Phi) is 3.96. The molecule has 0 aromatic carbocycles. The minimum absolute atomic E-state index is 0.448. The van der Waals surface area contributed by atoms with Gasteiger partial charge in [-0.2, -0.15) is 0 Å². The van der Waals surface area contributed by atoms with E-state index in [-0.39, 0.29) is 0 Å². The Balaban J connectivity index is 5.31. The fraction of sp³-hybridized carbons (Fsp3) is 1.00. The zero-order valence-corrected chi connectivity index (χ0v) is 11.0. The molecule has 0 N–H and O–H groups in total. The van der Waals surface area contributed by atoms with Crippen LogP contribution in [0.5, 0.6) is 0 Å². The molecule has 0 aromatic rings. The van der Waals surface area contributed by atoms with Crippen LogP contribution in [0.2, 0.25) is 19.6 Å². The molecule has 0 bridgehead atoms. The highest BCUT2D eigenvalue weighted by Gasteiger charge is 2.43. The van der Waals surface area contributed by atoms with Gasteiger partial charge in [0, 0.05) is 0 Å². The first-order valence-corrected chi connectivity index (χ1v) is 9.69. The minimum atomic E-state index is -4.47. The SMILES string of the molecule is CCC(CC)([Si](C)(C)C)P(=O)([O-])[O-]. The topological polar surface area (TPSA) is 63.2 Å². The predicted octanol–water partition coefficient (Wildman–Crippen LogP) is 1.34. The zero-order valence-electron chi connectivity index (χ0n) is 9.09. The van der Waals surface area contributed by atoms with Crippen LogP contribution in [-0.4, -0.2) is 12.9 Å². The van der Waals surface area contributed by atoms with Crippen LogP contribution in [0.15, 0.2) is 0 Å². The molecule has 5 heteroatoms. The summed E-state index contributed by atoms with van der Waals surface area (Å²) in [6.07, 6.45) is 0.896. The summed E-state index contributed by atoms with van der Waals surface area (Å²) in [5.74, 6) is 0. The molecule has 0 fully saturated rings. The monoisotopic (exact) mass is 222 g/mol.